The second kappa shape index (κ2) is 33.6. The molecule has 0 bridgehead atoms. The van der Waals surface area contributed by atoms with Gasteiger partial charge in [0.2, 0.25) is 0 Å². The summed E-state index contributed by atoms with van der Waals surface area (Å²) in [5.74, 6) is 0.195. The molecule has 0 unspecified atom stereocenters. The van der Waals surface area contributed by atoms with E-state index in [4.69, 9.17) is 0 Å². The zero-order valence-electron chi connectivity index (χ0n) is 93.6. The van der Waals surface area contributed by atoms with Gasteiger partial charge in [-0.1, -0.05) is 405 Å². The van der Waals surface area contributed by atoms with Gasteiger partial charge >= 0.3 is 0 Å². The predicted molar refractivity (Wildman–Crippen MR) is 632 cm³/mol. The van der Waals surface area contributed by atoms with Crippen LogP contribution in [-0.2, 0) is 65.0 Å². The van der Waals surface area contributed by atoms with E-state index in [9.17, 15) is 0 Å². The summed E-state index contributed by atoms with van der Waals surface area (Å²) in [7, 11) is 0. The Balaban J connectivity index is 0.756. The van der Waals surface area contributed by atoms with Gasteiger partial charge in [0.25, 0.3) is 13.4 Å². The Bertz CT molecular complexity index is 7760. The summed E-state index contributed by atoms with van der Waals surface area (Å²) in [6, 6.07) is 115. The van der Waals surface area contributed by atoms with Crippen LogP contribution in [0.4, 0.5) is 68.2 Å². The Labute approximate surface area is 871 Å². The normalized spacial score (nSPS) is 15.9. The molecule has 21 rings (SSSR count). The van der Waals surface area contributed by atoms with Crippen molar-refractivity contribution in [2.24, 2.45) is 0 Å². The van der Waals surface area contributed by atoms with E-state index in [0.29, 0.717) is 0 Å². The van der Waals surface area contributed by atoms with E-state index in [1.165, 1.54) is 223 Å². The average molecular weight is 1900 g/mol. The van der Waals surface area contributed by atoms with Crippen molar-refractivity contribution in [3.05, 3.63) is 357 Å². The highest BCUT2D eigenvalue weighted by Gasteiger charge is 2.53. The predicted octanol–water partition coefficient (Wildman–Crippen LogP) is 35.3. The molecule has 4 heterocycles. The van der Waals surface area contributed by atoms with Crippen LogP contribution >= 0.6 is 0 Å². The minimum absolute atomic E-state index is 0.0575. The average Bonchev–Trinajstić information content (AvgIpc) is 1.27. The smallest absolute Gasteiger partial charge is 0.252 e. The Kier molecular flexibility index (Phi) is 22.8. The number of fused-ring (bicyclic) bond motifs is 10. The lowest BCUT2D eigenvalue weighted by atomic mass is 9.33. The van der Waals surface area contributed by atoms with Gasteiger partial charge < -0.3 is 19.6 Å². The third-order valence-corrected chi connectivity index (χ3v) is 33.8. The largest absolute Gasteiger partial charge is 0.311 e. The van der Waals surface area contributed by atoms with Crippen LogP contribution in [-0.4, -0.2) is 13.4 Å². The molecule has 0 N–H and O–H groups in total. The molecule has 0 atom stereocenters. The van der Waals surface area contributed by atoms with Crippen molar-refractivity contribution in [1.82, 2.24) is 0 Å². The first-order chi connectivity index (χ1) is 67.7. The van der Waals surface area contributed by atoms with Gasteiger partial charge in [-0.25, -0.2) is 0 Å². The van der Waals surface area contributed by atoms with Crippen molar-refractivity contribution >= 4 is 114 Å². The molecule has 736 valence electrons. The van der Waals surface area contributed by atoms with Crippen molar-refractivity contribution in [3.8, 4) is 66.8 Å². The summed E-state index contributed by atoms with van der Waals surface area (Å²) >= 11 is 0. The van der Waals surface area contributed by atoms with E-state index in [-0.39, 0.29) is 84.3 Å². The molecule has 6 heteroatoms. The van der Waals surface area contributed by atoms with E-state index in [1.54, 1.807) is 0 Å². The molecule has 0 saturated carbocycles. The number of hydrogen-bond acceptors (Lipinski definition) is 4. The monoisotopic (exact) mass is 1900 g/mol. The quantitative estimate of drug-likeness (QED) is 0.120. The lowest BCUT2D eigenvalue weighted by Crippen LogP contribution is -2.61. The molecule has 2 aliphatic carbocycles. The summed E-state index contributed by atoms with van der Waals surface area (Å²) in [6.07, 6.45) is 2.12. The number of nitrogens with zero attached hydrogens (tertiary/aromatic N) is 4. The van der Waals surface area contributed by atoms with Crippen LogP contribution < -0.4 is 52.4 Å². The second-order valence-electron chi connectivity index (χ2n) is 55.3. The topological polar surface area (TPSA) is 13.0 Å². The fourth-order valence-electron chi connectivity index (χ4n) is 25.6. The molecular formula is C139H154B2N4. The van der Waals surface area contributed by atoms with Gasteiger partial charge in [0.1, 0.15) is 0 Å². The highest BCUT2D eigenvalue weighted by molar-refractivity contribution is 7.01. The third-order valence-electron chi connectivity index (χ3n) is 33.8. The first kappa shape index (κ1) is 98.6. The van der Waals surface area contributed by atoms with Crippen molar-refractivity contribution in [2.75, 3.05) is 19.6 Å². The molecule has 0 fully saturated rings. The number of hydrogen-bond donors (Lipinski definition) is 0. The maximum atomic E-state index is 2.77. The molecule has 6 aliphatic rings. The highest BCUT2D eigenvalue weighted by atomic mass is 15.2. The number of benzene rings is 15. The fraction of sp³-hybridized carbons (Fsp3) is 0.353. The lowest BCUT2D eigenvalue weighted by molar-refractivity contribution is 0.403. The Hall–Kier alpha value is -12.4. The molecule has 145 heavy (non-hydrogen) atoms. The van der Waals surface area contributed by atoms with Crippen LogP contribution in [0, 0.1) is 0 Å². The summed E-state index contributed by atoms with van der Waals surface area (Å²) in [5, 5.41) is 0. The van der Waals surface area contributed by atoms with Crippen molar-refractivity contribution in [3.63, 3.8) is 0 Å². The first-order valence-corrected chi connectivity index (χ1v) is 54.0. The Morgan fingerprint density at radius 3 is 0.938 bits per heavy atom. The van der Waals surface area contributed by atoms with Gasteiger partial charge in [0, 0.05) is 68.0 Å². The fourth-order valence-corrected chi connectivity index (χ4v) is 25.6. The van der Waals surface area contributed by atoms with Gasteiger partial charge in [0.05, 0.1) is 11.4 Å². The van der Waals surface area contributed by atoms with Gasteiger partial charge in [-0.2, -0.15) is 0 Å². The first-order valence-electron chi connectivity index (χ1n) is 54.0. The van der Waals surface area contributed by atoms with E-state index >= 15 is 0 Å². The maximum Gasteiger partial charge on any atom is 0.252 e. The molecule has 0 radical (unpaired) electrons. The van der Waals surface area contributed by atoms with Crippen LogP contribution in [0.3, 0.4) is 0 Å². The number of anilines is 12. The van der Waals surface area contributed by atoms with Crippen molar-refractivity contribution in [2.45, 2.75) is 319 Å². The van der Waals surface area contributed by atoms with Gasteiger partial charge in [-0.3, -0.25) is 0 Å². The summed E-state index contributed by atoms with van der Waals surface area (Å²) in [5.41, 5.74) is 53.3. The summed E-state index contributed by atoms with van der Waals surface area (Å²) < 4.78 is 0. The molecule has 0 amide bonds. The zero-order chi connectivity index (χ0) is 104. The molecule has 0 aromatic heterocycles. The summed E-state index contributed by atoms with van der Waals surface area (Å²) in [6.45, 7) is 81.6. The Morgan fingerprint density at radius 1 is 0.207 bits per heavy atom. The zero-order valence-corrected chi connectivity index (χ0v) is 93.6. The third kappa shape index (κ3) is 17.1. The van der Waals surface area contributed by atoms with Gasteiger partial charge in [-0.05, 0) is 360 Å². The van der Waals surface area contributed by atoms with E-state index in [0.717, 1.165) is 29.7 Å². The van der Waals surface area contributed by atoms with Crippen LogP contribution in [0.1, 0.15) is 326 Å². The Morgan fingerprint density at radius 2 is 0.510 bits per heavy atom. The molecular weight excluding hydrogens is 1750 g/mol. The van der Waals surface area contributed by atoms with Gasteiger partial charge in [0.15, 0.2) is 0 Å². The van der Waals surface area contributed by atoms with Crippen LogP contribution in [0.25, 0.3) is 66.8 Å². The minimum Gasteiger partial charge on any atom is -0.311 e. The minimum atomic E-state index is -0.238. The van der Waals surface area contributed by atoms with Crippen LogP contribution in [0.5, 0.6) is 0 Å². The molecule has 0 saturated heterocycles. The standard InChI is InChI=1S/C139H154B2N4/c1-84(2)91-68-122-126-123(69-91)144(116-61-57-98(130(9,10)11)72-106(116)90-49-47-86(48-50-90)87-51-53-96(54-52-87)128(3,4)5)120-80-110-108(136(27,28)82-138(110,31)32)78-114(120)140(126)113-60-56-101(133(18,19)20)75-119(113)143(122)105-67-94(66-102(71-105)134(21,22)23)89-45-43-88(44-46-89)93-63-92(85-39-36-35-37-40-85)64-95(65-93)107-73-99(131(12,13)14)58-62-117(107)145-121-81-111-109(137(29,30)83-139(111,33)34)79-115(121)141-112-59-55-100(132(15,16)17)74-118(112)142(104-42-38-41-97(70-104)129(6,7)8)124-76-103(135(24,25)26)77-125(145)127(124)141/h35-81,84H,82-83H2,1-34H3. The lowest BCUT2D eigenvalue weighted by Gasteiger charge is -2.46. The molecule has 15 aromatic carbocycles. The molecule has 4 nitrogen and oxygen atoms in total. The maximum absolute atomic E-state index is 2.77. The molecule has 4 aliphatic heterocycles. The van der Waals surface area contributed by atoms with Crippen molar-refractivity contribution < 1.29 is 0 Å². The van der Waals surface area contributed by atoms with Gasteiger partial charge in [-0.15, -0.1) is 0 Å². The highest BCUT2D eigenvalue weighted by Crippen LogP contribution is 2.59. The van der Waals surface area contributed by atoms with Crippen LogP contribution in [0.15, 0.2) is 285 Å². The second-order valence-corrected chi connectivity index (χ2v) is 55.3. The molecule has 0 spiro atoms. The van der Waals surface area contributed by atoms with E-state index in [1.807, 2.05) is 0 Å². The van der Waals surface area contributed by atoms with E-state index < -0.39 is 0 Å². The molecule has 15 aromatic rings. The number of rotatable bonds is 11. The summed E-state index contributed by atoms with van der Waals surface area (Å²) in [4.78, 5) is 10.9. The van der Waals surface area contributed by atoms with Crippen LogP contribution in [0.2, 0.25) is 0 Å². The van der Waals surface area contributed by atoms with E-state index in [2.05, 4.69) is 540 Å². The SMILES string of the molecule is CC(C)c1cc2c3c(c1)N(c1ccc(C(C)(C)C)cc1-c1ccc(-c4ccc(C(C)(C)C)cc4)cc1)c1cc4c(cc1B3c1ccc(C(C)(C)C)cc1N2c1cc(-c2ccc(-c3cc(-c5ccccc5)cc(-c5cc(C(C)(C)C)ccc5N5c6cc7c(cc6B6c8ccc(C(C)(C)C)cc8N(c8cccc(C(C)(C)C)c8)c8cc(C(C)(C)C)cc5c86)C(C)(C)CC7(C)C)c3)cc2)cc(C(C)(C)C)c1)C(C)(C)CC4(C)C. The van der Waals surface area contributed by atoms with Crippen molar-refractivity contribution in [1.29, 1.82) is 0 Å².